The van der Waals surface area contributed by atoms with Gasteiger partial charge in [0.2, 0.25) is 0 Å². The van der Waals surface area contributed by atoms with Crippen LogP contribution in [0.2, 0.25) is 0 Å². The first-order chi connectivity index (χ1) is 13.8. The number of carbonyl (C=O) groups excluding carboxylic acids is 3. The van der Waals surface area contributed by atoms with Crippen LogP contribution in [-0.4, -0.2) is 34.8 Å². The molecule has 0 radical (unpaired) electrons. The molecule has 29 heavy (non-hydrogen) atoms. The van der Waals surface area contributed by atoms with Gasteiger partial charge in [0.25, 0.3) is 11.8 Å². The lowest BCUT2D eigenvalue weighted by Crippen LogP contribution is -2.48. The van der Waals surface area contributed by atoms with Gasteiger partial charge in [0.1, 0.15) is 12.1 Å². The van der Waals surface area contributed by atoms with Gasteiger partial charge in [-0.05, 0) is 43.5 Å². The minimum atomic E-state index is -0.982. The molecular formula is C22H26N4O3. The third-order valence-electron chi connectivity index (χ3n) is 4.73. The van der Waals surface area contributed by atoms with Crippen molar-refractivity contribution in [1.82, 2.24) is 15.6 Å². The first kappa shape index (κ1) is 20.4. The second-order valence-corrected chi connectivity index (χ2v) is 7.79. The van der Waals surface area contributed by atoms with Crippen molar-refractivity contribution in [2.75, 3.05) is 11.6 Å². The van der Waals surface area contributed by atoms with Crippen LogP contribution < -0.4 is 15.8 Å². The smallest absolute Gasteiger partial charge is 0.323 e. The second-order valence-electron chi connectivity index (χ2n) is 7.79. The zero-order valence-electron chi connectivity index (χ0n) is 16.9. The van der Waals surface area contributed by atoms with Gasteiger partial charge >= 0.3 is 6.03 Å². The van der Waals surface area contributed by atoms with Gasteiger partial charge in [-0.3, -0.25) is 24.9 Å². The van der Waals surface area contributed by atoms with Crippen LogP contribution in [0.5, 0.6) is 0 Å². The number of hydrogen-bond acceptors (Lipinski definition) is 4. The quantitative estimate of drug-likeness (QED) is 0.558. The van der Waals surface area contributed by atoms with Gasteiger partial charge in [-0.25, -0.2) is 4.79 Å². The van der Waals surface area contributed by atoms with Gasteiger partial charge in [0, 0.05) is 0 Å². The summed E-state index contributed by atoms with van der Waals surface area (Å²) < 4.78 is 0. The molecule has 2 N–H and O–H groups in total. The molecule has 0 aliphatic carbocycles. The van der Waals surface area contributed by atoms with E-state index in [0.29, 0.717) is 6.42 Å². The van der Waals surface area contributed by atoms with E-state index in [4.69, 9.17) is 0 Å². The highest BCUT2D eigenvalue weighted by Crippen LogP contribution is 2.25. The predicted octanol–water partition coefficient (Wildman–Crippen LogP) is 3.21. The molecule has 4 amide bonds. The fraction of sp³-hybridized carbons (Fsp3) is 0.318. The summed E-state index contributed by atoms with van der Waals surface area (Å²) in [5.74, 6) is -0.614. The van der Waals surface area contributed by atoms with Gasteiger partial charge < -0.3 is 5.32 Å². The number of benzene rings is 2. The molecule has 7 nitrogen and oxygen atoms in total. The van der Waals surface area contributed by atoms with Crippen LogP contribution in [0.3, 0.4) is 0 Å². The Balaban J connectivity index is 1.76. The summed E-state index contributed by atoms with van der Waals surface area (Å²) >= 11 is 0. The molecule has 2 aromatic carbocycles. The maximum atomic E-state index is 12.8. The Kier molecular flexibility index (Phi) is 5.87. The van der Waals surface area contributed by atoms with Crippen LogP contribution in [-0.2, 0) is 9.59 Å². The molecule has 1 fully saturated rings. The van der Waals surface area contributed by atoms with Crippen molar-refractivity contribution in [3.63, 3.8) is 0 Å². The summed E-state index contributed by atoms with van der Waals surface area (Å²) in [5.41, 5.74) is 3.34. The summed E-state index contributed by atoms with van der Waals surface area (Å²) in [5, 5.41) is 4.36. The number of hydrazine groups is 1. The zero-order chi connectivity index (χ0) is 21.0. The fourth-order valence-corrected chi connectivity index (χ4v) is 3.58. The average Bonchev–Trinajstić information content (AvgIpc) is 2.89. The second kappa shape index (κ2) is 8.34. The first-order valence-corrected chi connectivity index (χ1v) is 9.64. The largest absolute Gasteiger partial charge is 0.325 e. The number of imide groups is 1. The SMILES string of the molecule is CC(C)C[C@@]1(C)NC(=O)N(CC(=O)NN(c2ccccc2)c2ccccc2)C1=O. The number of nitrogens with zero attached hydrogens (tertiary/aromatic N) is 2. The third kappa shape index (κ3) is 4.56. The molecule has 7 heteroatoms. The van der Waals surface area contributed by atoms with Crippen LogP contribution in [0.15, 0.2) is 60.7 Å². The predicted molar refractivity (Wildman–Crippen MR) is 111 cm³/mol. The Morgan fingerprint density at radius 1 is 1.03 bits per heavy atom. The van der Waals surface area contributed by atoms with Gasteiger partial charge in [-0.1, -0.05) is 50.2 Å². The van der Waals surface area contributed by atoms with E-state index in [1.165, 1.54) is 0 Å². The maximum absolute atomic E-state index is 12.8. The monoisotopic (exact) mass is 394 g/mol. The standard InChI is InChI=1S/C22H26N4O3/c1-16(2)14-22(3)20(28)25(21(29)23-22)15-19(27)24-26(17-10-6-4-7-11-17)18-12-8-5-9-13-18/h4-13,16H,14-15H2,1-3H3,(H,23,29)(H,24,27)/t22-/m1/s1. The summed E-state index contributed by atoms with van der Waals surface area (Å²) in [7, 11) is 0. The van der Waals surface area contributed by atoms with E-state index in [1.807, 2.05) is 74.5 Å². The van der Waals surface area contributed by atoms with E-state index in [9.17, 15) is 14.4 Å². The highest BCUT2D eigenvalue weighted by atomic mass is 16.2. The summed E-state index contributed by atoms with van der Waals surface area (Å²) in [6, 6.07) is 18.1. The number of nitrogens with one attached hydrogen (secondary N) is 2. The lowest BCUT2D eigenvalue weighted by Gasteiger charge is -2.26. The van der Waals surface area contributed by atoms with E-state index in [0.717, 1.165) is 16.3 Å². The van der Waals surface area contributed by atoms with E-state index < -0.39 is 17.5 Å². The Bertz CT molecular complexity index is 846. The number of hydrogen-bond donors (Lipinski definition) is 2. The Morgan fingerprint density at radius 3 is 2.03 bits per heavy atom. The maximum Gasteiger partial charge on any atom is 0.325 e. The fourth-order valence-electron chi connectivity index (χ4n) is 3.58. The van der Waals surface area contributed by atoms with Crippen LogP contribution in [0, 0.1) is 5.92 Å². The zero-order valence-corrected chi connectivity index (χ0v) is 16.9. The van der Waals surface area contributed by atoms with Crippen molar-refractivity contribution in [3.05, 3.63) is 60.7 Å². The minimum absolute atomic E-state index is 0.227. The van der Waals surface area contributed by atoms with Gasteiger partial charge in [-0.15, -0.1) is 0 Å². The number of para-hydroxylation sites is 2. The molecule has 1 aliphatic heterocycles. The molecule has 152 valence electrons. The van der Waals surface area contributed by atoms with Crippen molar-refractivity contribution < 1.29 is 14.4 Å². The van der Waals surface area contributed by atoms with Crippen molar-refractivity contribution in [2.45, 2.75) is 32.7 Å². The number of amides is 4. The van der Waals surface area contributed by atoms with Gasteiger partial charge in [-0.2, -0.15) is 0 Å². The summed E-state index contributed by atoms with van der Waals surface area (Å²) in [6.07, 6.45) is 0.510. The van der Waals surface area contributed by atoms with Gasteiger partial charge in [0.05, 0.1) is 11.4 Å². The topological polar surface area (TPSA) is 81.8 Å². The average molecular weight is 394 g/mol. The Labute approximate surface area is 170 Å². The highest BCUT2D eigenvalue weighted by molar-refractivity contribution is 6.08. The van der Waals surface area contributed by atoms with Crippen molar-refractivity contribution in [1.29, 1.82) is 0 Å². The van der Waals surface area contributed by atoms with Crippen molar-refractivity contribution >= 4 is 29.2 Å². The molecule has 1 atom stereocenters. The van der Waals surface area contributed by atoms with E-state index in [1.54, 1.807) is 11.9 Å². The number of urea groups is 1. The van der Waals surface area contributed by atoms with Crippen molar-refractivity contribution in [2.24, 2.45) is 5.92 Å². The number of carbonyl (C=O) groups is 3. The number of rotatable bonds is 7. The normalized spacial score (nSPS) is 18.7. The van der Waals surface area contributed by atoms with Crippen LogP contribution in [0.25, 0.3) is 0 Å². The lowest BCUT2D eigenvalue weighted by molar-refractivity contribution is -0.135. The molecule has 1 aliphatic rings. The first-order valence-electron chi connectivity index (χ1n) is 9.64. The Morgan fingerprint density at radius 2 is 1.55 bits per heavy atom. The van der Waals surface area contributed by atoms with Crippen LogP contribution in [0.4, 0.5) is 16.2 Å². The van der Waals surface area contributed by atoms with E-state index >= 15 is 0 Å². The third-order valence-corrected chi connectivity index (χ3v) is 4.73. The molecule has 1 heterocycles. The molecule has 3 rings (SSSR count). The molecular weight excluding hydrogens is 368 g/mol. The summed E-state index contributed by atoms with van der Waals surface area (Å²) in [4.78, 5) is 38.9. The molecule has 1 saturated heterocycles. The lowest BCUT2D eigenvalue weighted by atomic mass is 9.91. The van der Waals surface area contributed by atoms with E-state index in [2.05, 4.69) is 10.7 Å². The Hall–Kier alpha value is -3.35. The number of anilines is 2. The molecule has 0 spiro atoms. The minimum Gasteiger partial charge on any atom is -0.323 e. The summed E-state index contributed by atoms with van der Waals surface area (Å²) in [6.45, 7) is 5.31. The molecule has 0 bridgehead atoms. The van der Waals surface area contributed by atoms with Gasteiger partial charge in [0.15, 0.2) is 0 Å². The molecule has 0 unspecified atom stereocenters. The van der Waals surface area contributed by atoms with Crippen molar-refractivity contribution in [3.8, 4) is 0 Å². The van der Waals surface area contributed by atoms with E-state index in [-0.39, 0.29) is 18.4 Å². The molecule has 0 saturated carbocycles. The van der Waals surface area contributed by atoms with Crippen LogP contribution >= 0.6 is 0 Å². The van der Waals surface area contributed by atoms with Crippen LogP contribution in [0.1, 0.15) is 27.2 Å². The highest BCUT2D eigenvalue weighted by Gasteiger charge is 2.48. The molecule has 0 aromatic heterocycles. The molecule has 2 aromatic rings.